The summed E-state index contributed by atoms with van der Waals surface area (Å²) in [6, 6.07) is 3.57. The van der Waals surface area contributed by atoms with Crippen LogP contribution in [0.4, 0.5) is 0 Å². The second-order valence-electron chi connectivity index (χ2n) is 6.72. The van der Waals surface area contributed by atoms with Crippen molar-refractivity contribution in [2.45, 2.75) is 85.0 Å². The highest BCUT2D eigenvalue weighted by molar-refractivity contribution is 5.21. The first-order chi connectivity index (χ1) is 10.1. The summed E-state index contributed by atoms with van der Waals surface area (Å²) in [6.07, 6.45) is 6.55. The monoisotopic (exact) mass is 292 g/mol. The number of aryl methyl sites for hydroxylation is 1. The van der Waals surface area contributed by atoms with Crippen molar-refractivity contribution >= 4 is 0 Å². The summed E-state index contributed by atoms with van der Waals surface area (Å²) in [5.41, 5.74) is 1.35. The summed E-state index contributed by atoms with van der Waals surface area (Å²) in [4.78, 5) is 2.56. The average molecular weight is 292 g/mol. The third kappa shape index (κ3) is 5.48. The molecule has 3 heteroatoms. The maximum atomic E-state index is 5.91. The summed E-state index contributed by atoms with van der Waals surface area (Å²) in [5.74, 6) is 2.18. The highest BCUT2D eigenvalue weighted by atomic mass is 16.3. The van der Waals surface area contributed by atoms with E-state index in [9.17, 15) is 0 Å². The van der Waals surface area contributed by atoms with E-state index in [4.69, 9.17) is 4.42 Å². The molecule has 0 spiro atoms. The Labute approximate surface area is 130 Å². The van der Waals surface area contributed by atoms with Crippen LogP contribution in [0.3, 0.4) is 0 Å². The minimum Gasteiger partial charge on any atom is -0.465 e. The molecule has 0 bridgehead atoms. The zero-order chi connectivity index (χ0) is 15.2. The van der Waals surface area contributed by atoms with Crippen molar-refractivity contribution in [1.29, 1.82) is 0 Å². The molecule has 1 aromatic rings. The second-order valence-corrected chi connectivity index (χ2v) is 6.72. The molecule has 1 fully saturated rings. The van der Waals surface area contributed by atoms with Gasteiger partial charge in [-0.3, -0.25) is 4.90 Å². The van der Waals surface area contributed by atoms with E-state index < -0.39 is 0 Å². The topological polar surface area (TPSA) is 28.4 Å². The van der Waals surface area contributed by atoms with E-state index in [0.29, 0.717) is 6.04 Å². The van der Waals surface area contributed by atoms with Gasteiger partial charge in [-0.05, 0) is 52.6 Å². The van der Waals surface area contributed by atoms with Gasteiger partial charge in [-0.25, -0.2) is 0 Å². The van der Waals surface area contributed by atoms with Crippen LogP contribution in [0.1, 0.15) is 70.0 Å². The number of nitrogens with zero attached hydrogens (tertiary/aromatic N) is 1. The molecule has 21 heavy (non-hydrogen) atoms. The molecule has 0 amide bonds. The number of unbranched alkanes of at least 4 members (excludes halogenated alkanes) is 2. The smallest absolute Gasteiger partial charge is 0.118 e. The first kappa shape index (κ1) is 16.6. The Morgan fingerprint density at radius 1 is 1.33 bits per heavy atom. The largest absolute Gasteiger partial charge is 0.465 e. The molecule has 2 rings (SSSR count). The van der Waals surface area contributed by atoms with Crippen molar-refractivity contribution in [3.8, 4) is 0 Å². The molecule has 1 aromatic heterocycles. The maximum absolute atomic E-state index is 5.91. The van der Waals surface area contributed by atoms with Gasteiger partial charge in [-0.15, -0.1) is 0 Å². The van der Waals surface area contributed by atoms with Gasteiger partial charge in [-0.2, -0.15) is 0 Å². The normalized spacial score (nSPS) is 15.3. The van der Waals surface area contributed by atoms with E-state index in [1.807, 2.05) is 0 Å². The van der Waals surface area contributed by atoms with Gasteiger partial charge in [0.1, 0.15) is 11.5 Å². The van der Waals surface area contributed by atoms with Gasteiger partial charge < -0.3 is 9.73 Å². The minimum atomic E-state index is 0.587. The second kappa shape index (κ2) is 8.00. The van der Waals surface area contributed by atoms with E-state index in [2.05, 4.69) is 44.0 Å². The van der Waals surface area contributed by atoms with Crippen molar-refractivity contribution in [3.63, 3.8) is 0 Å². The lowest BCUT2D eigenvalue weighted by molar-refractivity contribution is 0.207. The van der Waals surface area contributed by atoms with Crippen LogP contribution in [0.25, 0.3) is 0 Å². The molecule has 3 nitrogen and oxygen atoms in total. The lowest BCUT2D eigenvalue weighted by atomic mass is 10.1. The molecule has 0 radical (unpaired) electrons. The number of hydrogen-bond donors (Lipinski definition) is 1. The van der Waals surface area contributed by atoms with Crippen LogP contribution in [0.15, 0.2) is 10.5 Å². The summed E-state index contributed by atoms with van der Waals surface area (Å²) >= 11 is 0. The molecule has 0 atom stereocenters. The summed E-state index contributed by atoms with van der Waals surface area (Å²) in [5, 5.41) is 3.52. The predicted molar refractivity (Wildman–Crippen MR) is 88.4 cm³/mol. The Hall–Kier alpha value is -0.800. The summed E-state index contributed by atoms with van der Waals surface area (Å²) in [7, 11) is 0. The fourth-order valence-electron chi connectivity index (χ4n) is 2.67. The molecule has 1 aliphatic rings. The van der Waals surface area contributed by atoms with E-state index in [1.165, 1.54) is 44.2 Å². The van der Waals surface area contributed by atoms with E-state index in [0.717, 1.165) is 30.7 Å². The third-order valence-electron chi connectivity index (χ3n) is 4.37. The van der Waals surface area contributed by atoms with Crippen LogP contribution >= 0.6 is 0 Å². The molecule has 1 saturated carbocycles. The number of nitrogens with one attached hydrogen (secondary N) is 1. The Morgan fingerprint density at radius 2 is 2.10 bits per heavy atom. The first-order valence-electron chi connectivity index (χ1n) is 8.65. The average Bonchev–Trinajstić information content (AvgIpc) is 3.20. The lowest BCUT2D eigenvalue weighted by Crippen LogP contribution is -2.31. The van der Waals surface area contributed by atoms with Crippen molar-refractivity contribution in [2.24, 2.45) is 0 Å². The zero-order valence-corrected chi connectivity index (χ0v) is 14.2. The van der Waals surface area contributed by atoms with Crippen molar-refractivity contribution in [3.05, 3.63) is 23.2 Å². The molecule has 0 aliphatic heterocycles. The minimum absolute atomic E-state index is 0.587. The van der Waals surface area contributed by atoms with Gasteiger partial charge in [0, 0.05) is 24.2 Å². The van der Waals surface area contributed by atoms with Gasteiger partial charge in [-0.1, -0.05) is 19.8 Å². The molecular formula is C18H32N2O. The Balaban J connectivity index is 1.88. The predicted octanol–water partition coefficient (Wildman–Crippen LogP) is 4.24. The quantitative estimate of drug-likeness (QED) is 0.654. The van der Waals surface area contributed by atoms with Crippen molar-refractivity contribution < 1.29 is 4.42 Å². The van der Waals surface area contributed by atoms with Crippen LogP contribution in [0.2, 0.25) is 0 Å². The Bertz CT molecular complexity index is 421. The molecule has 1 N–H and O–H groups in total. The van der Waals surface area contributed by atoms with Crippen LogP contribution in [-0.2, 0) is 13.1 Å². The van der Waals surface area contributed by atoms with Gasteiger partial charge in [0.25, 0.3) is 0 Å². The fourth-order valence-corrected chi connectivity index (χ4v) is 2.67. The summed E-state index contributed by atoms with van der Waals surface area (Å²) < 4.78 is 5.91. The maximum Gasteiger partial charge on any atom is 0.118 e. The Morgan fingerprint density at radius 3 is 2.71 bits per heavy atom. The summed E-state index contributed by atoms with van der Waals surface area (Å²) in [6.45, 7) is 12.0. The van der Waals surface area contributed by atoms with Crippen LogP contribution in [0, 0.1) is 6.92 Å². The van der Waals surface area contributed by atoms with Gasteiger partial charge >= 0.3 is 0 Å². The molecule has 1 heterocycles. The van der Waals surface area contributed by atoms with E-state index in [1.54, 1.807) is 0 Å². The van der Waals surface area contributed by atoms with Gasteiger partial charge in [0.15, 0.2) is 0 Å². The third-order valence-corrected chi connectivity index (χ3v) is 4.37. The van der Waals surface area contributed by atoms with Crippen LogP contribution in [-0.4, -0.2) is 23.5 Å². The zero-order valence-electron chi connectivity index (χ0n) is 14.2. The molecule has 120 valence electrons. The lowest BCUT2D eigenvalue weighted by Gasteiger charge is -2.26. The molecule has 0 aromatic carbocycles. The standard InChI is InChI=1S/C18H32N2O/c1-5-6-7-10-20(14(2)3)13-16-11-18(21-15(16)4)12-19-17-8-9-17/h11,14,17,19H,5-10,12-13H2,1-4H3. The molecule has 0 saturated heterocycles. The van der Waals surface area contributed by atoms with Crippen molar-refractivity contribution in [2.75, 3.05) is 6.54 Å². The molecule has 1 aliphatic carbocycles. The molecular weight excluding hydrogens is 260 g/mol. The first-order valence-corrected chi connectivity index (χ1v) is 8.65. The number of hydrogen-bond acceptors (Lipinski definition) is 3. The number of furan rings is 1. The Kier molecular flexibility index (Phi) is 6.31. The number of rotatable bonds is 10. The highest BCUT2D eigenvalue weighted by Gasteiger charge is 2.21. The van der Waals surface area contributed by atoms with Crippen LogP contribution in [0.5, 0.6) is 0 Å². The SMILES string of the molecule is CCCCCN(Cc1cc(CNC2CC2)oc1C)C(C)C. The highest BCUT2D eigenvalue weighted by Crippen LogP contribution is 2.22. The molecule has 0 unspecified atom stereocenters. The van der Waals surface area contributed by atoms with E-state index >= 15 is 0 Å². The van der Waals surface area contributed by atoms with Gasteiger partial charge in [0.2, 0.25) is 0 Å². The fraction of sp³-hybridized carbons (Fsp3) is 0.778. The van der Waals surface area contributed by atoms with Crippen molar-refractivity contribution in [1.82, 2.24) is 10.2 Å². The van der Waals surface area contributed by atoms with Crippen LogP contribution < -0.4 is 5.32 Å². The van der Waals surface area contributed by atoms with Gasteiger partial charge in [0.05, 0.1) is 6.54 Å². The van der Waals surface area contributed by atoms with E-state index in [-0.39, 0.29) is 0 Å².